The molecule has 0 bridgehead atoms. The summed E-state index contributed by atoms with van der Waals surface area (Å²) >= 11 is 1.40. The summed E-state index contributed by atoms with van der Waals surface area (Å²) in [7, 11) is 0. The van der Waals surface area contributed by atoms with E-state index in [2.05, 4.69) is 39.6 Å². The Hall–Kier alpha value is -1.15. The molecule has 20 heavy (non-hydrogen) atoms. The van der Waals surface area contributed by atoms with Crippen LogP contribution in [-0.2, 0) is 4.79 Å². The molecule has 1 amide bonds. The van der Waals surface area contributed by atoms with E-state index in [-0.39, 0.29) is 5.91 Å². The van der Waals surface area contributed by atoms with Crippen molar-refractivity contribution in [1.29, 1.82) is 0 Å². The van der Waals surface area contributed by atoms with Gasteiger partial charge in [-0.25, -0.2) is 4.68 Å². The summed E-state index contributed by atoms with van der Waals surface area (Å²) in [5.41, 5.74) is 0. The predicted molar refractivity (Wildman–Crippen MR) is 77.6 cm³/mol. The summed E-state index contributed by atoms with van der Waals surface area (Å²) in [5, 5.41) is 15.3. The van der Waals surface area contributed by atoms with Crippen LogP contribution >= 0.6 is 11.8 Å². The molecule has 1 aromatic heterocycles. The van der Waals surface area contributed by atoms with Gasteiger partial charge in [0.15, 0.2) is 0 Å². The average molecular weight is 298 g/mol. The fraction of sp³-hybridized carbons (Fsp3) is 0.833. The zero-order valence-corrected chi connectivity index (χ0v) is 12.9. The second kappa shape index (κ2) is 7.58. The Bertz CT molecular complexity index is 429. The molecule has 1 N–H and O–H groups in total. The van der Waals surface area contributed by atoms with Crippen molar-refractivity contribution in [2.75, 3.05) is 31.9 Å². The summed E-state index contributed by atoms with van der Waals surface area (Å²) in [6.07, 6.45) is 2.27. The number of carbonyl (C=O) groups is 1. The van der Waals surface area contributed by atoms with Gasteiger partial charge in [-0.05, 0) is 36.4 Å². The smallest absolute Gasteiger partial charge is 0.230 e. The zero-order valence-electron chi connectivity index (χ0n) is 12.1. The number of nitrogens with one attached hydrogen (secondary N) is 1. The largest absolute Gasteiger partial charge is 0.354 e. The monoisotopic (exact) mass is 298 g/mol. The van der Waals surface area contributed by atoms with Gasteiger partial charge in [-0.15, -0.1) is 5.10 Å². The third-order valence-electron chi connectivity index (χ3n) is 3.33. The summed E-state index contributed by atoms with van der Waals surface area (Å²) in [5.74, 6) is 0.401. The van der Waals surface area contributed by atoms with E-state index in [0.29, 0.717) is 18.3 Å². The SMILES string of the molecule is CCN(CC)CCNC(=O)CSc1nnnn1C1CC1. The van der Waals surface area contributed by atoms with Crippen LogP contribution in [0.25, 0.3) is 0 Å². The Labute approximate surface area is 123 Å². The van der Waals surface area contributed by atoms with Gasteiger partial charge in [-0.1, -0.05) is 25.6 Å². The molecule has 1 fully saturated rings. The van der Waals surface area contributed by atoms with Crippen molar-refractivity contribution in [2.45, 2.75) is 37.9 Å². The number of carbonyl (C=O) groups excluding carboxylic acids is 1. The number of tetrazole rings is 1. The molecule has 0 spiro atoms. The molecule has 0 radical (unpaired) electrons. The van der Waals surface area contributed by atoms with Crippen molar-refractivity contribution < 1.29 is 4.79 Å². The van der Waals surface area contributed by atoms with Gasteiger partial charge in [0.05, 0.1) is 11.8 Å². The number of thioether (sulfide) groups is 1. The standard InChI is InChI=1S/C12H22N6OS/c1-3-17(4-2)8-7-13-11(19)9-20-12-14-15-16-18(12)10-5-6-10/h10H,3-9H2,1-2H3,(H,13,19). The average Bonchev–Trinajstić information content (AvgIpc) is 3.20. The van der Waals surface area contributed by atoms with Gasteiger partial charge in [0.2, 0.25) is 11.1 Å². The van der Waals surface area contributed by atoms with E-state index in [1.807, 2.05) is 4.68 Å². The highest BCUT2D eigenvalue weighted by molar-refractivity contribution is 7.99. The van der Waals surface area contributed by atoms with Gasteiger partial charge < -0.3 is 10.2 Å². The van der Waals surface area contributed by atoms with Gasteiger partial charge in [-0.3, -0.25) is 4.79 Å². The molecule has 1 saturated carbocycles. The highest BCUT2D eigenvalue weighted by Crippen LogP contribution is 2.36. The highest BCUT2D eigenvalue weighted by atomic mass is 32.2. The fourth-order valence-corrected chi connectivity index (χ4v) is 2.68. The van der Waals surface area contributed by atoms with E-state index in [0.717, 1.165) is 37.6 Å². The minimum Gasteiger partial charge on any atom is -0.354 e. The number of aromatic nitrogens is 4. The molecule has 7 nitrogen and oxygen atoms in total. The Balaban J connectivity index is 1.66. The summed E-state index contributed by atoms with van der Waals surface area (Å²) in [6, 6.07) is 0.443. The van der Waals surface area contributed by atoms with E-state index in [1.54, 1.807) is 0 Å². The molecule has 0 aromatic carbocycles. The van der Waals surface area contributed by atoms with Crippen LogP contribution in [0.2, 0.25) is 0 Å². The number of likely N-dealkylation sites (N-methyl/N-ethyl adjacent to an activating group) is 1. The Morgan fingerprint density at radius 3 is 2.85 bits per heavy atom. The lowest BCUT2D eigenvalue weighted by molar-refractivity contribution is -0.118. The van der Waals surface area contributed by atoms with Crippen LogP contribution in [0.15, 0.2) is 5.16 Å². The van der Waals surface area contributed by atoms with Crippen LogP contribution < -0.4 is 5.32 Å². The molecule has 1 aliphatic carbocycles. The minimum atomic E-state index is 0.0347. The molecule has 112 valence electrons. The Morgan fingerprint density at radius 2 is 2.20 bits per heavy atom. The second-order valence-electron chi connectivity index (χ2n) is 4.80. The zero-order chi connectivity index (χ0) is 14.4. The van der Waals surface area contributed by atoms with Crippen LogP contribution in [0, 0.1) is 0 Å². The minimum absolute atomic E-state index is 0.0347. The molecule has 8 heteroatoms. The molecular weight excluding hydrogens is 276 g/mol. The number of hydrogen-bond donors (Lipinski definition) is 1. The lowest BCUT2D eigenvalue weighted by Crippen LogP contribution is -2.35. The predicted octanol–water partition coefficient (Wildman–Crippen LogP) is 0.558. The summed E-state index contributed by atoms with van der Waals surface area (Å²) in [6.45, 7) is 7.85. The van der Waals surface area contributed by atoms with E-state index < -0.39 is 0 Å². The molecule has 0 atom stereocenters. The number of nitrogens with zero attached hydrogens (tertiary/aromatic N) is 5. The van der Waals surface area contributed by atoms with E-state index in [1.165, 1.54) is 11.8 Å². The maximum atomic E-state index is 11.8. The third kappa shape index (κ3) is 4.45. The van der Waals surface area contributed by atoms with Crippen LogP contribution in [0.5, 0.6) is 0 Å². The van der Waals surface area contributed by atoms with Crippen LogP contribution in [0.4, 0.5) is 0 Å². The van der Waals surface area contributed by atoms with Gasteiger partial charge >= 0.3 is 0 Å². The third-order valence-corrected chi connectivity index (χ3v) is 4.27. The first kappa shape index (κ1) is 15.2. The Morgan fingerprint density at radius 1 is 1.45 bits per heavy atom. The van der Waals surface area contributed by atoms with Crippen LogP contribution in [0.3, 0.4) is 0 Å². The van der Waals surface area contributed by atoms with Crippen molar-refractivity contribution in [3.05, 3.63) is 0 Å². The van der Waals surface area contributed by atoms with Crippen molar-refractivity contribution in [1.82, 2.24) is 30.4 Å². The van der Waals surface area contributed by atoms with Gasteiger partial charge in [0, 0.05) is 13.1 Å². The van der Waals surface area contributed by atoms with Crippen LogP contribution in [-0.4, -0.2) is 62.9 Å². The number of amides is 1. The highest BCUT2D eigenvalue weighted by Gasteiger charge is 2.28. The summed E-state index contributed by atoms with van der Waals surface area (Å²) < 4.78 is 1.83. The van der Waals surface area contributed by atoms with Crippen molar-refractivity contribution >= 4 is 17.7 Å². The number of hydrogen-bond acceptors (Lipinski definition) is 6. The van der Waals surface area contributed by atoms with Gasteiger partial charge in [0.1, 0.15) is 0 Å². The summed E-state index contributed by atoms with van der Waals surface area (Å²) in [4.78, 5) is 14.0. The van der Waals surface area contributed by atoms with Gasteiger partial charge in [0.25, 0.3) is 0 Å². The van der Waals surface area contributed by atoms with Crippen molar-refractivity contribution in [2.24, 2.45) is 0 Å². The van der Waals surface area contributed by atoms with Crippen LogP contribution in [0.1, 0.15) is 32.7 Å². The normalized spacial score (nSPS) is 14.8. The fourth-order valence-electron chi connectivity index (χ4n) is 1.90. The molecular formula is C12H22N6OS. The van der Waals surface area contributed by atoms with Gasteiger partial charge in [-0.2, -0.15) is 0 Å². The number of rotatable bonds is 9. The quantitative estimate of drug-likeness (QED) is 0.671. The van der Waals surface area contributed by atoms with E-state index >= 15 is 0 Å². The molecule has 1 heterocycles. The van der Waals surface area contributed by atoms with Crippen molar-refractivity contribution in [3.63, 3.8) is 0 Å². The molecule has 2 rings (SSSR count). The Kier molecular flexibility index (Phi) is 5.78. The second-order valence-corrected chi connectivity index (χ2v) is 5.75. The topological polar surface area (TPSA) is 75.9 Å². The maximum absolute atomic E-state index is 11.8. The lowest BCUT2D eigenvalue weighted by atomic mass is 10.4. The molecule has 1 aromatic rings. The molecule has 0 aliphatic heterocycles. The van der Waals surface area contributed by atoms with Crippen molar-refractivity contribution in [3.8, 4) is 0 Å². The first-order valence-corrected chi connectivity index (χ1v) is 8.12. The molecule has 0 saturated heterocycles. The maximum Gasteiger partial charge on any atom is 0.230 e. The van der Waals surface area contributed by atoms with E-state index in [4.69, 9.17) is 0 Å². The molecule has 1 aliphatic rings. The lowest BCUT2D eigenvalue weighted by Gasteiger charge is -2.17. The first-order chi connectivity index (χ1) is 9.74. The first-order valence-electron chi connectivity index (χ1n) is 7.14. The van der Waals surface area contributed by atoms with E-state index in [9.17, 15) is 4.79 Å². The molecule has 0 unspecified atom stereocenters.